The number of hydrogen-bond donors (Lipinski definition) is 0. The van der Waals surface area contributed by atoms with E-state index < -0.39 is 5.82 Å². The molecular weight excluding hydrogens is 214 g/mol. The maximum Gasteiger partial charge on any atom is 0.179 e. The lowest BCUT2D eigenvalue weighted by atomic mass is 10.1. The van der Waals surface area contributed by atoms with E-state index in [9.17, 15) is 9.18 Å². The van der Waals surface area contributed by atoms with Gasteiger partial charge in [0, 0.05) is 5.56 Å². The highest BCUT2D eigenvalue weighted by atomic mass is 35.5. The zero-order chi connectivity index (χ0) is 10.0. The zero-order valence-corrected chi connectivity index (χ0v) is 8.42. The minimum absolute atomic E-state index is 0.105. The third-order valence-electron chi connectivity index (χ3n) is 1.67. The van der Waals surface area contributed by atoms with Gasteiger partial charge in [-0.1, -0.05) is 11.6 Å². The molecular formula is C9H7Cl2FO. The van der Waals surface area contributed by atoms with E-state index in [1.165, 1.54) is 6.07 Å². The van der Waals surface area contributed by atoms with Crippen molar-refractivity contribution in [3.8, 4) is 0 Å². The number of halogens is 3. The Bertz CT molecular complexity index is 350. The Balaban J connectivity index is 3.23. The summed E-state index contributed by atoms with van der Waals surface area (Å²) in [5.41, 5.74) is 0.661. The van der Waals surface area contributed by atoms with Crippen molar-refractivity contribution in [2.75, 3.05) is 5.88 Å². The van der Waals surface area contributed by atoms with Crippen LogP contribution in [0.4, 0.5) is 4.39 Å². The largest absolute Gasteiger partial charge is 0.293 e. The summed E-state index contributed by atoms with van der Waals surface area (Å²) in [4.78, 5) is 11.2. The molecule has 0 bridgehead atoms. The fraction of sp³-hybridized carbons (Fsp3) is 0.222. The van der Waals surface area contributed by atoms with Gasteiger partial charge in [0.25, 0.3) is 0 Å². The standard InChI is InChI=1S/C9H7Cl2FO/c1-5-2-6(9(13)4-10)7(11)3-8(5)12/h2-3H,4H2,1H3. The fourth-order valence-electron chi connectivity index (χ4n) is 0.943. The quantitative estimate of drug-likeness (QED) is 0.553. The highest BCUT2D eigenvalue weighted by molar-refractivity contribution is 6.37. The normalized spacial score (nSPS) is 10.2. The van der Waals surface area contributed by atoms with E-state index >= 15 is 0 Å². The van der Waals surface area contributed by atoms with Crippen molar-refractivity contribution in [1.82, 2.24) is 0 Å². The number of Topliss-reactive ketones (excluding diaryl/α,β-unsaturated/α-hetero) is 1. The fourth-order valence-corrected chi connectivity index (χ4v) is 1.34. The molecule has 0 saturated heterocycles. The summed E-state index contributed by atoms with van der Waals surface area (Å²) in [5, 5.41) is 0.105. The number of ketones is 1. The van der Waals surface area contributed by atoms with E-state index in [1.54, 1.807) is 6.92 Å². The molecule has 0 N–H and O–H groups in total. The van der Waals surface area contributed by atoms with Gasteiger partial charge in [-0.2, -0.15) is 0 Å². The van der Waals surface area contributed by atoms with Crippen LogP contribution < -0.4 is 0 Å². The third-order valence-corrected chi connectivity index (χ3v) is 2.23. The lowest BCUT2D eigenvalue weighted by Crippen LogP contribution is -2.02. The van der Waals surface area contributed by atoms with Gasteiger partial charge in [0.05, 0.1) is 10.9 Å². The molecule has 0 aliphatic carbocycles. The van der Waals surface area contributed by atoms with Crippen LogP contribution in [0.2, 0.25) is 5.02 Å². The first-order valence-electron chi connectivity index (χ1n) is 3.61. The maximum atomic E-state index is 12.9. The summed E-state index contributed by atoms with van der Waals surface area (Å²) in [6.07, 6.45) is 0. The highest BCUT2D eigenvalue weighted by Gasteiger charge is 2.11. The summed E-state index contributed by atoms with van der Waals surface area (Å²) < 4.78 is 12.9. The van der Waals surface area contributed by atoms with Gasteiger partial charge in [-0.05, 0) is 24.6 Å². The minimum atomic E-state index is -0.420. The number of alkyl halides is 1. The van der Waals surface area contributed by atoms with Crippen molar-refractivity contribution in [3.63, 3.8) is 0 Å². The lowest BCUT2D eigenvalue weighted by molar-refractivity contribution is 0.102. The number of carbonyl (C=O) groups excluding carboxylic acids is 1. The summed E-state index contributed by atoms with van der Waals surface area (Å²) in [5.74, 6) is -0.865. The Morgan fingerprint density at radius 3 is 2.69 bits per heavy atom. The molecule has 1 rings (SSSR count). The Kier molecular flexibility index (Phi) is 3.28. The molecule has 0 aromatic heterocycles. The molecule has 0 atom stereocenters. The molecule has 13 heavy (non-hydrogen) atoms. The van der Waals surface area contributed by atoms with Crippen molar-refractivity contribution < 1.29 is 9.18 Å². The predicted molar refractivity (Wildman–Crippen MR) is 51.2 cm³/mol. The van der Waals surface area contributed by atoms with Crippen molar-refractivity contribution in [1.29, 1.82) is 0 Å². The Morgan fingerprint density at radius 2 is 2.15 bits per heavy atom. The molecule has 4 heteroatoms. The van der Waals surface area contributed by atoms with Gasteiger partial charge >= 0.3 is 0 Å². The molecule has 1 nitrogen and oxygen atoms in total. The predicted octanol–water partition coefficient (Wildman–Crippen LogP) is 3.21. The number of benzene rings is 1. The summed E-state index contributed by atoms with van der Waals surface area (Å²) in [6, 6.07) is 2.53. The van der Waals surface area contributed by atoms with Crippen LogP contribution in [0.3, 0.4) is 0 Å². The molecule has 0 radical (unpaired) electrons. The van der Waals surface area contributed by atoms with E-state index in [0.717, 1.165) is 6.07 Å². The minimum Gasteiger partial charge on any atom is -0.293 e. The van der Waals surface area contributed by atoms with Gasteiger partial charge in [0.15, 0.2) is 5.78 Å². The number of rotatable bonds is 2. The first kappa shape index (κ1) is 10.5. The Labute approximate surface area is 85.5 Å². The van der Waals surface area contributed by atoms with Crippen LogP contribution in [-0.4, -0.2) is 11.7 Å². The first-order chi connectivity index (χ1) is 6.06. The van der Waals surface area contributed by atoms with E-state index in [4.69, 9.17) is 23.2 Å². The van der Waals surface area contributed by atoms with Gasteiger partial charge in [-0.15, -0.1) is 11.6 Å². The molecule has 0 spiro atoms. The van der Waals surface area contributed by atoms with E-state index in [1.807, 2.05) is 0 Å². The third kappa shape index (κ3) is 2.20. The average molecular weight is 221 g/mol. The average Bonchev–Trinajstić information content (AvgIpc) is 2.10. The molecule has 1 aromatic rings. The van der Waals surface area contributed by atoms with Crippen LogP contribution in [-0.2, 0) is 0 Å². The monoisotopic (exact) mass is 220 g/mol. The zero-order valence-electron chi connectivity index (χ0n) is 6.90. The summed E-state index contributed by atoms with van der Waals surface area (Å²) >= 11 is 11.0. The molecule has 1 aromatic carbocycles. The first-order valence-corrected chi connectivity index (χ1v) is 4.52. The molecule has 70 valence electrons. The van der Waals surface area contributed by atoms with E-state index in [2.05, 4.69) is 0 Å². The second-order valence-electron chi connectivity index (χ2n) is 2.64. The van der Waals surface area contributed by atoms with Gasteiger partial charge in [-0.25, -0.2) is 4.39 Å². The van der Waals surface area contributed by atoms with E-state index in [0.29, 0.717) is 5.56 Å². The van der Waals surface area contributed by atoms with Crippen molar-refractivity contribution in [2.24, 2.45) is 0 Å². The van der Waals surface area contributed by atoms with Gasteiger partial charge in [0.2, 0.25) is 0 Å². The van der Waals surface area contributed by atoms with Gasteiger partial charge in [-0.3, -0.25) is 4.79 Å². The maximum absolute atomic E-state index is 12.9. The van der Waals surface area contributed by atoms with E-state index in [-0.39, 0.29) is 22.2 Å². The molecule has 0 amide bonds. The second-order valence-corrected chi connectivity index (χ2v) is 3.31. The highest BCUT2D eigenvalue weighted by Crippen LogP contribution is 2.21. The lowest BCUT2D eigenvalue weighted by Gasteiger charge is -2.03. The van der Waals surface area contributed by atoms with Crippen molar-refractivity contribution in [2.45, 2.75) is 6.92 Å². The number of carbonyl (C=O) groups is 1. The number of aryl methyl sites for hydroxylation is 1. The second kappa shape index (κ2) is 4.07. The number of hydrogen-bond acceptors (Lipinski definition) is 1. The van der Waals surface area contributed by atoms with Gasteiger partial charge < -0.3 is 0 Å². The molecule has 0 heterocycles. The van der Waals surface area contributed by atoms with Crippen molar-refractivity contribution >= 4 is 29.0 Å². The smallest absolute Gasteiger partial charge is 0.179 e. The molecule has 0 unspecified atom stereocenters. The van der Waals surface area contributed by atoms with Crippen LogP contribution in [0, 0.1) is 12.7 Å². The Hall–Kier alpha value is -0.600. The van der Waals surface area contributed by atoms with Crippen LogP contribution in [0.5, 0.6) is 0 Å². The van der Waals surface area contributed by atoms with Crippen LogP contribution in [0.1, 0.15) is 15.9 Å². The topological polar surface area (TPSA) is 17.1 Å². The van der Waals surface area contributed by atoms with Gasteiger partial charge in [0.1, 0.15) is 5.82 Å². The van der Waals surface area contributed by atoms with Crippen LogP contribution >= 0.6 is 23.2 Å². The molecule has 0 saturated carbocycles. The SMILES string of the molecule is Cc1cc(C(=O)CCl)c(Cl)cc1F. The van der Waals surface area contributed by atoms with Crippen LogP contribution in [0.25, 0.3) is 0 Å². The van der Waals surface area contributed by atoms with Crippen molar-refractivity contribution in [3.05, 3.63) is 34.1 Å². The molecule has 0 aliphatic heterocycles. The molecule has 0 aliphatic rings. The van der Waals surface area contributed by atoms with Crippen LogP contribution in [0.15, 0.2) is 12.1 Å². The summed E-state index contributed by atoms with van der Waals surface area (Å²) in [7, 11) is 0. The summed E-state index contributed by atoms with van der Waals surface area (Å²) in [6.45, 7) is 1.57. The molecule has 0 fully saturated rings. The Morgan fingerprint density at radius 1 is 1.54 bits per heavy atom.